The van der Waals surface area contributed by atoms with Gasteiger partial charge >= 0.3 is 0 Å². The number of ether oxygens (including phenoxy) is 1. The lowest BCUT2D eigenvalue weighted by atomic mass is 10.2. The molecule has 0 aromatic heterocycles. The van der Waals surface area contributed by atoms with Crippen LogP contribution in [-0.2, 0) is 17.3 Å². The third-order valence-electron chi connectivity index (χ3n) is 2.75. The molecule has 2 N–H and O–H groups in total. The SMILES string of the molecule is NCc1cccc(OCCS(=O)c2ccc(Br)cc2)c1. The maximum absolute atomic E-state index is 12.1. The van der Waals surface area contributed by atoms with Crippen molar-refractivity contribution >= 4 is 26.7 Å². The quantitative estimate of drug-likeness (QED) is 0.867. The lowest BCUT2D eigenvalue weighted by Crippen LogP contribution is -2.09. The van der Waals surface area contributed by atoms with Crippen molar-refractivity contribution in [1.82, 2.24) is 0 Å². The van der Waals surface area contributed by atoms with Crippen LogP contribution in [-0.4, -0.2) is 16.6 Å². The Morgan fingerprint density at radius 1 is 1.15 bits per heavy atom. The fourth-order valence-corrected chi connectivity index (χ4v) is 2.88. The molecule has 1 atom stereocenters. The first kappa shape index (κ1) is 15.2. The zero-order valence-corrected chi connectivity index (χ0v) is 13.3. The number of hydrogen-bond acceptors (Lipinski definition) is 3. The summed E-state index contributed by atoms with van der Waals surface area (Å²) in [6.45, 7) is 0.902. The van der Waals surface area contributed by atoms with Crippen LogP contribution in [0, 0.1) is 0 Å². The molecule has 1 unspecified atom stereocenters. The molecule has 106 valence electrons. The predicted octanol–water partition coefficient (Wildman–Crippen LogP) is 3.09. The summed E-state index contributed by atoms with van der Waals surface area (Å²) in [5.74, 6) is 1.23. The van der Waals surface area contributed by atoms with E-state index < -0.39 is 10.8 Å². The van der Waals surface area contributed by atoms with Gasteiger partial charge in [-0.2, -0.15) is 0 Å². The molecule has 2 aromatic rings. The van der Waals surface area contributed by atoms with E-state index in [4.69, 9.17) is 10.5 Å². The van der Waals surface area contributed by atoms with Crippen molar-refractivity contribution in [2.75, 3.05) is 12.4 Å². The minimum Gasteiger partial charge on any atom is -0.493 e. The van der Waals surface area contributed by atoms with E-state index in [1.165, 1.54) is 0 Å². The van der Waals surface area contributed by atoms with Crippen LogP contribution in [0.15, 0.2) is 57.9 Å². The van der Waals surface area contributed by atoms with Gasteiger partial charge in [-0.15, -0.1) is 0 Å². The number of hydrogen-bond donors (Lipinski definition) is 1. The Kier molecular flexibility index (Phi) is 5.76. The molecule has 20 heavy (non-hydrogen) atoms. The van der Waals surface area contributed by atoms with E-state index >= 15 is 0 Å². The first-order valence-corrected chi connectivity index (χ1v) is 8.36. The van der Waals surface area contributed by atoms with Crippen LogP contribution in [0.25, 0.3) is 0 Å². The maximum Gasteiger partial charge on any atom is 0.119 e. The zero-order valence-electron chi connectivity index (χ0n) is 10.9. The Hall–Kier alpha value is -1.17. The van der Waals surface area contributed by atoms with E-state index in [2.05, 4.69) is 15.9 Å². The summed E-state index contributed by atoms with van der Waals surface area (Å²) in [7, 11) is -1.04. The highest BCUT2D eigenvalue weighted by atomic mass is 79.9. The van der Waals surface area contributed by atoms with E-state index in [1.54, 1.807) is 0 Å². The van der Waals surface area contributed by atoms with Crippen LogP contribution in [0.5, 0.6) is 5.75 Å². The van der Waals surface area contributed by atoms with Crippen molar-refractivity contribution in [3.05, 3.63) is 58.6 Å². The van der Waals surface area contributed by atoms with Crippen molar-refractivity contribution in [1.29, 1.82) is 0 Å². The molecule has 0 fully saturated rings. The summed E-state index contributed by atoms with van der Waals surface area (Å²) in [5.41, 5.74) is 6.60. The second-order valence-electron chi connectivity index (χ2n) is 4.20. The van der Waals surface area contributed by atoms with E-state index in [9.17, 15) is 4.21 Å². The maximum atomic E-state index is 12.1. The zero-order chi connectivity index (χ0) is 14.4. The topological polar surface area (TPSA) is 52.3 Å². The average Bonchev–Trinajstić information content (AvgIpc) is 2.48. The summed E-state index contributed by atoms with van der Waals surface area (Å²) in [6.07, 6.45) is 0. The third-order valence-corrected chi connectivity index (χ3v) is 4.61. The molecule has 5 heteroatoms. The molecule has 0 aliphatic heterocycles. The summed E-state index contributed by atoms with van der Waals surface area (Å²) in [4.78, 5) is 0.813. The van der Waals surface area contributed by atoms with Gasteiger partial charge in [0.05, 0.1) is 16.6 Å². The smallest absolute Gasteiger partial charge is 0.119 e. The van der Waals surface area contributed by atoms with E-state index in [1.807, 2.05) is 48.5 Å². The molecular formula is C15H16BrNO2S. The van der Waals surface area contributed by atoms with Gasteiger partial charge in [0, 0.05) is 15.9 Å². The summed E-state index contributed by atoms with van der Waals surface area (Å²) in [6, 6.07) is 15.1. The van der Waals surface area contributed by atoms with Gasteiger partial charge in [-0.25, -0.2) is 0 Å². The van der Waals surface area contributed by atoms with Crippen LogP contribution in [0.1, 0.15) is 5.56 Å². The number of benzene rings is 2. The van der Waals surface area contributed by atoms with Gasteiger partial charge in [0.2, 0.25) is 0 Å². The van der Waals surface area contributed by atoms with Gasteiger partial charge in [0.1, 0.15) is 12.4 Å². The van der Waals surface area contributed by atoms with Crippen LogP contribution < -0.4 is 10.5 Å². The van der Waals surface area contributed by atoms with Gasteiger partial charge in [-0.3, -0.25) is 4.21 Å². The molecule has 0 saturated carbocycles. The minimum absolute atomic E-state index is 0.413. The van der Waals surface area contributed by atoms with Gasteiger partial charge in [-0.1, -0.05) is 28.1 Å². The summed E-state index contributed by atoms with van der Waals surface area (Å²) in [5, 5.41) is 0. The number of halogens is 1. The number of rotatable bonds is 6. The highest BCUT2D eigenvalue weighted by Gasteiger charge is 2.04. The largest absolute Gasteiger partial charge is 0.493 e. The molecule has 0 amide bonds. The third kappa shape index (κ3) is 4.44. The Labute approximate surface area is 129 Å². The first-order chi connectivity index (χ1) is 9.69. The molecule has 2 rings (SSSR count). The molecule has 2 aromatic carbocycles. The molecule has 0 radical (unpaired) electrons. The molecule has 0 bridgehead atoms. The van der Waals surface area contributed by atoms with Crippen molar-refractivity contribution in [2.24, 2.45) is 5.73 Å². The molecular weight excluding hydrogens is 338 g/mol. The van der Waals surface area contributed by atoms with Crippen LogP contribution in [0.4, 0.5) is 0 Å². The molecule has 0 spiro atoms. The van der Waals surface area contributed by atoms with Crippen LogP contribution in [0.2, 0.25) is 0 Å². The van der Waals surface area contributed by atoms with E-state index in [-0.39, 0.29) is 0 Å². The van der Waals surface area contributed by atoms with Crippen molar-refractivity contribution < 1.29 is 8.95 Å². The number of nitrogens with two attached hydrogens (primary N) is 1. The van der Waals surface area contributed by atoms with Crippen LogP contribution in [0.3, 0.4) is 0 Å². The van der Waals surface area contributed by atoms with Crippen molar-refractivity contribution in [2.45, 2.75) is 11.4 Å². The minimum atomic E-state index is -1.04. The average molecular weight is 354 g/mol. The monoisotopic (exact) mass is 353 g/mol. The van der Waals surface area contributed by atoms with Gasteiger partial charge in [-0.05, 0) is 42.0 Å². The van der Waals surface area contributed by atoms with E-state index in [0.717, 1.165) is 20.7 Å². The second-order valence-corrected chi connectivity index (χ2v) is 6.69. The Bertz CT molecular complexity index is 587. The molecule has 3 nitrogen and oxygen atoms in total. The van der Waals surface area contributed by atoms with Crippen molar-refractivity contribution in [3.8, 4) is 5.75 Å². The van der Waals surface area contributed by atoms with E-state index in [0.29, 0.717) is 18.9 Å². The molecule has 0 aliphatic rings. The summed E-state index contributed by atoms with van der Waals surface area (Å²) < 4.78 is 18.7. The Balaban J connectivity index is 1.86. The predicted molar refractivity (Wildman–Crippen MR) is 85.2 cm³/mol. The Morgan fingerprint density at radius 3 is 2.60 bits per heavy atom. The van der Waals surface area contributed by atoms with Gasteiger partial charge < -0.3 is 10.5 Å². The molecule has 0 heterocycles. The van der Waals surface area contributed by atoms with Gasteiger partial charge in [0.15, 0.2) is 0 Å². The fourth-order valence-electron chi connectivity index (χ4n) is 1.70. The summed E-state index contributed by atoms with van der Waals surface area (Å²) >= 11 is 3.36. The molecule has 0 aliphatic carbocycles. The van der Waals surface area contributed by atoms with Crippen LogP contribution >= 0.6 is 15.9 Å². The normalized spacial score (nSPS) is 12.1. The molecule has 0 saturated heterocycles. The first-order valence-electron chi connectivity index (χ1n) is 6.25. The fraction of sp³-hybridized carbons (Fsp3) is 0.200. The second kappa shape index (κ2) is 7.57. The lowest BCUT2D eigenvalue weighted by molar-refractivity contribution is 0.342. The highest BCUT2D eigenvalue weighted by Crippen LogP contribution is 2.15. The standard InChI is InChI=1S/C15H16BrNO2S/c16-13-4-6-15(7-5-13)20(18)9-8-19-14-3-1-2-12(10-14)11-17/h1-7,10H,8-9,11,17H2. The Morgan fingerprint density at radius 2 is 1.90 bits per heavy atom. The van der Waals surface area contributed by atoms with Crippen molar-refractivity contribution in [3.63, 3.8) is 0 Å². The highest BCUT2D eigenvalue weighted by molar-refractivity contribution is 9.10. The lowest BCUT2D eigenvalue weighted by Gasteiger charge is -2.07. The van der Waals surface area contributed by atoms with Gasteiger partial charge in [0.25, 0.3) is 0 Å².